The van der Waals surface area contributed by atoms with E-state index in [-0.39, 0.29) is 12.5 Å². The average molecular weight is 208 g/mol. The normalized spacial score (nSPS) is 10.2. The first-order valence-corrected chi connectivity index (χ1v) is 4.34. The molecule has 0 aliphatic heterocycles. The van der Waals surface area contributed by atoms with Crippen LogP contribution < -0.4 is 5.32 Å². The molecule has 5 nitrogen and oxygen atoms in total. The summed E-state index contributed by atoms with van der Waals surface area (Å²) in [5.74, 6) is -0.323. The molecule has 0 aliphatic rings. The lowest BCUT2D eigenvalue weighted by molar-refractivity contribution is -0.138. The molecule has 0 unspecified atom stereocenters. The number of anilines is 1. The van der Waals surface area contributed by atoms with E-state index in [4.69, 9.17) is 5.21 Å². The highest BCUT2D eigenvalue weighted by Crippen LogP contribution is 2.07. The molecule has 0 atom stereocenters. The summed E-state index contributed by atoms with van der Waals surface area (Å²) in [5.41, 5.74) is 1.58. The van der Waals surface area contributed by atoms with Crippen LogP contribution >= 0.6 is 0 Å². The van der Waals surface area contributed by atoms with Gasteiger partial charge in [-0.3, -0.25) is 4.79 Å². The third kappa shape index (κ3) is 3.68. The van der Waals surface area contributed by atoms with Crippen molar-refractivity contribution in [3.8, 4) is 0 Å². The van der Waals surface area contributed by atoms with Crippen LogP contribution in [0.2, 0.25) is 0 Å². The SMILES string of the molecule is COC(=O)CNc1ccc(/C=N/O)cc1. The molecule has 1 aromatic rings. The zero-order chi connectivity index (χ0) is 11.1. The molecular formula is C10H12N2O3. The number of rotatable bonds is 4. The number of methoxy groups -OCH3 is 1. The maximum Gasteiger partial charge on any atom is 0.325 e. The summed E-state index contributed by atoms with van der Waals surface area (Å²) in [4.78, 5) is 10.8. The van der Waals surface area contributed by atoms with E-state index in [1.165, 1.54) is 13.3 Å². The second kappa shape index (κ2) is 5.64. The highest BCUT2D eigenvalue weighted by Gasteiger charge is 1.98. The molecule has 0 aromatic heterocycles. The van der Waals surface area contributed by atoms with Crippen molar-refractivity contribution in [3.05, 3.63) is 29.8 Å². The van der Waals surface area contributed by atoms with Crippen molar-refractivity contribution < 1.29 is 14.7 Å². The number of benzene rings is 1. The van der Waals surface area contributed by atoms with Gasteiger partial charge in [-0.2, -0.15) is 0 Å². The van der Waals surface area contributed by atoms with Gasteiger partial charge in [0.05, 0.1) is 13.3 Å². The summed E-state index contributed by atoms with van der Waals surface area (Å²) in [5, 5.41) is 14.1. The van der Waals surface area contributed by atoms with Gasteiger partial charge < -0.3 is 15.3 Å². The van der Waals surface area contributed by atoms with Crippen LogP contribution in [0.4, 0.5) is 5.69 Å². The molecule has 0 amide bonds. The third-order valence-corrected chi connectivity index (χ3v) is 1.78. The predicted molar refractivity (Wildman–Crippen MR) is 56.3 cm³/mol. The Bertz CT molecular complexity index is 346. The monoisotopic (exact) mass is 208 g/mol. The number of hydrogen-bond donors (Lipinski definition) is 2. The summed E-state index contributed by atoms with van der Waals surface area (Å²) in [6.45, 7) is 0.129. The fourth-order valence-corrected chi connectivity index (χ4v) is 1.00. The van der Waals surface area contributed by atoms with Crippen molar-refractivity contribution in [2.75, 3.05) is 19.0 Å². The van der Waals surface area contributed by atoms with E-state index in [9.17, 15) is 4.79 Å². The van der Waals surface area contributed by atoms with Gasteiger partial charge in [-0.1, -0.05) is 17.3 Å². The molecule has 0 saturated carbocycles. The summed E-state index contributed by atoms with van der Waals surface area (Å²) < 4.78 is 4.48. The fraction of sp³-hybridized carbons (Fsp3) is 0.200. The summed E-state index contributed by atoms with van der Waals surface area (Å²) in [6, 6.07) is 7.08. The molecule has 15 heavy (non-hydrogen) atoms. The fourth-order valence-electron chi connectivity index (χ4n) is 1.00. The Labute approximate surface area is 87.4 Å². The van der Waals surface area contributed by atoms with Gasteiger partial charge in [0.25, 0.3) is 0 Å². The molecule has 1 rings (SSSR count). The second-order valence-corrected chi connectivity index (χ2v) is 2.80. The zero-order valence-corrected chi connectivity index (χ0v) is 8.30. The number of carbonyl (C=O) groups excluding carboxylic acids is 1. The number of ether oxygens (including phenoxy) is 1. The molecule has 0 heterocycles. The maximum absolute atomic E-state index is 10.8. The second-order valence-electron chi connectivity index (χ2n) is 2.80. The van der Waals surface area contributed by atoms with E-state index < -0.39 is 0 Å². The topological polar surface area (TPSA) is 70.9 Å². The number of nitrogens with zero attached hydrogens (tertiary/aromatic N) is 1. The van der Waals surface area contributed by atoms with Gasteiger partial charge in [-0.05, 0) is 17.7 Å². The van der Waals surface area contributed by atoms with Crippen LogP contribution in [-0.4, -0.2) is 31.0 Å². The first-order valence-electron chi connectivity index (χ1n) is 4.34. The highest BCUT2D eigenvalue weighted by molar-refractivity contribution is 5.80. The molecule has 0 spiro atoms. The zero-order valence-electron chi connectivity index (χ0n) is 8.30. The lowest BCUT2D eigenvalue weighted by Gasteiger charge is -2.04. The number of oxime groups is 1. The van der Waals surface area contributed by atoms with Gasteiger partial charge >= 0.3 is 5.97 Å². The Morgan fingerprint density at radius 1 is 1.53 bits per heavy atom. The van der Waals surface area contributed by atoms with E-state index in [1.807, 2.05) is 0 Å². The quantitative estimate of drug-likeness (QED) is 0.336. The lowest BCUT2D eigenvalue weighted by Crippen LogP contribution is -2.14. The van der Waals surface area contributed by atoms with E-state index in [1.54, 1.807) is 24.3 Å². The molecule has 1 aromatic carbocycles. The van der Waals surface area contributed by atoms with Crippen molar-refractivity contribution in [3.63, 3.8) is 0 Å². The van der Waals surface area contributed by atoms with E-state index in [0.717, 1.165) is 11.3 Å². The first-order chi connectivity index (χ1) is 7.26. The largest absolute Gasteiger partial charge is 0.468 e. The molecule has 80 valence electrons. The summed E-state index contributed by atoms with van der Waals surface area (Å²) in [7, 11) is 1.34. The van der Waals surface area contributed by atoms with Crippen molar-refractivity contribution in [1.29, 1.82) is 0 Å². The lowest BCUT2D eigenvalue weighted by atomic mass is 10.2. The summed E-state index contributed by atoms with van der Waals surface area (Å²) in [6.07, 6.45) is 1.32. The number of carbonyl (C=O) groups is 1. The van der Waals surface area contributed by atoms with Crippen LogP contribution in [0.1, 0.15) is 5.56 Å². The first kappa shape index (κ1) is 11.0. The number of nitrogens with one attached hydrogen (secondary N) is 1. The van der Waals surface area contributed by atoms with Gasteiger partial charge in [0, 0.05) is 5.69 Å². The Balaban J connectivity index is 2.53. The van der Waals surface area contributed by atoms with Crippen LogP contribution in [0.5, 0.6) is 0 Å². The molecule has 0 aliphatic carbocycles. The Kier molecular flexibility index (Phi) is 4.15. The van der Waals surface area contributed by atoms with Crippen LogP contribution in [-0.2, 0) is 9.53 Å². The molecule has 2 N–H and O–H groups in total. The molecule has 0 radical (unpaired) electrons. The predicted octanol–water partition coefficient (Wildman–Crippen LogP) is 1.08. The minimum absolute atomic E-state index is 0.129. The summed E-state index contributed by atoms with van der Waals surface area (Å²) >= 11 is 0. The smallest absolute Gasteiger partial charge is 0.325 e. The maximum atomic E-state index is 10.8. The molecule has 0 saturated heterocycles. The standard InChI is InChI=1S/C10H12N2O3/c1-15-10(13)7-11-9-4-2-8(3-5-9)6-12-14/h2-6,11,14H,7H2,1H3/b12-6+. The van der Waals surface area contributed by atoms with Crippen molar-refractivity contribution in [2.24, 2.45) is 5.16 Å². The average Bonchev–Trinajstić information content (AvgIpc) is 2.28. The highest BCUT2D eigenvalue weighted by atomic mass is 16.5. The molecule has 0 bridgehead atoms. The molecule has 5 heteroatoms. The molecular weight excluding hydrogens is 196 g/mol. The van der Waals surface area contributed by atoms with Crippen LogP contribution in [0.25, 0.3) is 0 Å². The van der Waals surface area contributed by atoms with Crippen LogP contribution in [0, 0.1) is 0 Å². The van der Waals surface area contributed by atoms with E-state index in [0.29, 0.717) is 0 Å². The van der Waals surface area contributed by atoms with Crippen LogP contribution in [0.3, 0.4) is 0 Å². The van der Waals surface area contributed by atoms with Gasteiger partial charge in [0.2, 0.25) is 0 Å². The minimum Gasteiger partial charge on any atom is -0.468 e. The van der Waals surface area contributed by atoms with Crippen LogP contribution in [0.15, 0.2) is 29.4 Å². The third-order valence-electron chi connectivity index (χ3n) is 1.78. The van der Waals surface area contributed by atoms with Gasteiger partial charge in [0.15, 0.2) is 0 Å². The minimum atomic E-state index is -0.323. The van der Waals surface area contributed by atoms with Crippen molar-refractivity contribution in [2.45, 2.75) is 0 Å². The van der Waals surface area contributed by atoms with Crippen molar-refractivity contribution in [1.82, 2.24) is 0 Å². The Morgan fingerprint density at radius 3 is 2.73 bits per heavy atom. The Morgan fingerprint density at radius 2 is 2.20 bits per heavy atom. The van der Waals surface area contributed by atoms with Gasteiger partial charge in [-0.25, -0.2) is 0 Å². The Hall–Kier alpha value is -2.04. The number of hydrogen-bond acceptors (Lipinski definition) is 5. The van der Waals surface area contributed by atoms with Crippen molar-refractivity contribution >= 4 is 17.9 Å². The molecule has 0 fully saturated rings. The van der Waals surface area contributed by atoms with Gasteiger partial charge in [0.1, 0.15) is 6.54 Å². The van der Waals surface area contributed by atoms with E-state index >= 15 is 0 Å². The number of esters is 1. The van der Waals surface area contributed by atoms with E-state index in [2.05, 4.69) is 15.2 Å². The van der Waals surface area contributed by atoms with Gasteiger partial charge in [-0.15, -0.1) is 0 Å².